The van der Waals surface area contributed by atoms with Crippen LogP contribution in [-0.4, -0.2) is 123 Å². The summed E-state index contributed by atoms with van der Waals surface area (Å²) in [5, 5.41) is 34.7. The number of rotatable bonds is 21. The summed E-state index contributed by atoms with van der Waals surface area (Å²) in [5.74, 6) is -6.63. The van der Waals surface area contributed by atoms with E-state index in [1.807, 2.05) is 0 Å². The van der Waals surface area contributed by atoms with Gasteiger partial charge in [0.05, 0.1) is 21.8 Å². The number of ether oxygens (including phenoxy) is 1. The number of methoxy groups -OCH3 is 1. The van der Waals surface area contributed by atoms with E-state index in [0.717, 1.165) is 20.8 Å². The fourth-order valence-corrected chi connectivity index (χ4v) is 8.97. The largest absolute Gasteiger partial charge is 0.480 e. The van der Waals surface area contributed by atoms with E-state index in [-0.39, 0.29) is 44.1 Å². The van der Waals surface area contributed by atoms with Crippen LogP contribution in [0.25, 0.3) is 0 Å². The highest BCUT2D eigenvalue weighted by atomic mass is 32.2. The number of carbonyl (C=O) groups excluding carboxylic acids is 6. The molecule has 0 aromatic heterocycles. The first-order chi connectivity index (χ1) is 37.3. The molecule has 8 N–H and O–H groups in total. The Kier molecular flexibility index (Phi) is 26.7. The molecule has 0 aliphatic carbocycles. The summed E-state index contributed by atoms with van der Waals surface area (Å²) in [6.07, 6.45) is 0. The number of ketones is 1. The van der Waals surface area contributed by atoms with Gasteiger partial charge in [-0.2, -0.15) is 0 Å². The quantitative estimate of drug-likeness (QED) is 0.0266. The number of Topliss-reactive ketones (excluding diaryl/α,β-unsaturated/α-hetero) is 1. The molecule has 436 valence electrons. The monoisotopic (exact) mass is 1180 g/mol. The van der Waals surface area contributed by atoms with Crippen LogP contribution in [0.5, 0.6) is 0 Å². The van der Waals surface area contributed by atoms with E-state index in [4.69, 9.17) is 15.3 Å². The topological polar surface area (TPSA) is 386 Å². The van der Waals surface area contributed by atoms with Crippen LogP contribution in [0, 0.1) is 0 Å². The first-order valence-corrected chi connectivity index (χ1v) is 28.0. The second kappa shape index (κ2) is 30.9. The number of carbonyl (C=O) groups is 9. The molecule has 0 saturated heterocycles. The van der Waals surface area contributed by atoms with Crippen molar-refractivity contribution in [3.8, 4) is 0 Å². The van der Waals surface area contributed by atoms with Crippen LogP contribution >= 0.6 is 0 Å². The van der Waals surface area contributed by atoms with E-state index in [9.17, 15) is 68.4 Å². The number of amides is 4. The molecule has 4 unspecified atom stereocenters. The van der Waals surface area contributed by atoms with Crippen molar-refractivity contribution in [3.05, 3.63) is 146 Å². The number of nitrogens with one attached hydrogen (secondary N) is 5. The van der Waals surface area contributed by atoms with Crippen LogP contribution in [0.4, 0.5) is 28.4 Å². The zero-order valence-electron chi connectivity index (χ0n) is 45.5. The van der Waals surface area contributed by atoms with Gasteiger partial charge in [0.25, 0.3) is 23.6 Å². The van der Waals surface area contributed by atoms with E-state index in [1.165, 1.54) is 86.8 Å². The lowest BCUT2D eigenvalue weighted by atomic mass is 10.2. The molecule has 24 nitrogen and oxygen atoms in total. The van der Waals surface area contributed by atoms with Crippen molar-refractivity contribution in [1.82, 2.24) is 0 Å². The lowest BCUT2D eigenvalue weighted by Gasteiger charge is -2.15. The third-order valence-electron chi connectivity index (χ3n) is 10.6. The second-order valence-electron chi connectivity index (χ2n) is 17.4. The number of carboxylic acid groups (broad SMARTS) is 3. The van der Waals surface area contributed by atoms with Gasteiger partial charge in [-0.15, -0.1) is 0 Å². The highest BCUT2D eigenvalue weighted by Crippen LogP contribution is 2.23. The van der Waals surface area contributed by atoms with Gasteiger partial charge in [0, 0.05) is 50.7 Å². The molecular weight excluding hydrogens is 1120 g/mol. The molecule has 4 atom stereocenters. The average Bonchev–Trinajstić information content (AvgIpc) is 3.40. The van der Waals surface area contributed by atoms with Gasteiger partial charge >= 0.3 is 23.9 Å². The van der Waals surface area contributed by atoms with Crippen LogP contribution in [0.1, 0.15) is 55.4 Å². The van der Waals surface area contributed by atoms with E-state index in [1.54, 1.807) is 52.0 Å². The Hall–Kier alpha value is -9.08. The molecule has 27 heteroatoms. The number of sulfone groups is 3. The molecule has 0 saturated carbocycles. The molecule has 0 fully saturated rings. The van der Waals surface area contributed by atoms with Gasteiger partial charge in [-0.3, -0.25) is 38.4 Å². The van der Waals surface area contributed by atoms with Crippen LogP contribution in [-0.2, 0) is 77.4 Å². The Morgan fingerprint density at radius 2 is 0.593 bits per heavy atom. The molecule has 4 amide bonds. The van der Waals surface area contributed by atoms with E-state index in [2.05, 4.69) is 57.6 Å². The molecule has 0 aliphatic heterocycles. The minimum absolute atomic E-state index is 0.110. The fourth-order valence-electron chi connectivity index (χ4n) is 5.41. The first kappa shape index (κ1) is 69.9. The normalized spacial score (nSPS) is 12.2. The zero-order valence-corrected chi connectivity index (χ0v) is 47.9. The van der Waals surface area contributed by atoms with Gasteiger partial charge in [0.1, 0.15) is 0 Å². The minimum atomic E-state index is -3.93. The molecular formula is C54H63N5O19S3. The lowest BCUT2D eigenvalue weighted by Crippen LogP contribution is -2.36. The molecule has 0 spiro atoms. The van der Waals surface area contributed by atoms with Crippen molar-refractivity contribution in [3.63, 3.8) is 0 Å². The van der Waals surface area contributed by atoms with Crippen LogP contribution in [0.2, 0.25) is 0 Å². The highest BCUT2D eigenvalue weighted by molar-refractivity contribution is 7.93. The van der Waals surface area contributed by atoms with Crippen LogP contribution < -0.4 is 26.6 Å². The maximum Gasteiger partial charge on any atom is 0.336 e. The molecule has 0 radical (unpaired) electrons. The molecule has 0 aliphatic rings. The predicted molar refractivity (Wildman–Crippen MR) is 303 cm³/mol. The Balaban J connectivity index is 0.000000540. The summed E-state index contributed by atoms with van der Waals surface area (Å²) in [6, 6.07) is 21.4. The second-order valence-corrected chi connectivity index (χ2v) is 24.2. The van der Waals surface area contributed by atoms with Crippen LogP contribution in [0.3, 0.4) is 0 Å². The van der Waals surface area contributed by atoms with Crippen molar-refractivity contribution >= 4 is 111 Å². The van der Waals surface area contributed by atoms with E-state index < -0.39 is 75.2 Å². The zero-order chi connectivity index (χ0) is 62.5. The summed E-state index contributed by atoms with van der Waals surface area (Å²) in [7, 11) is -10.6. The predicted octanol–water partition coefficient (Wildman–Crippen LogP) is 6.09. The minimum Gasteiger partial charge on any atom is -0.480 e. The SMILES string of the molecule is C=C(C)C(=O)Nc1ccc(NC(C(C)=O)C(=O)OC)cc1.C=C(C)C(=O)Nc1ccc(S(=O)(=O)C(C)C(=O)O)cc1.C=C(C)C(=O)Nc1ccc(S(=O)(=O)C(C)C(=O)O)cc1.C=C(C)C(=O)Nc1ccc(S(=O)(=O)C(C)C(=O)O)cc1. The van der Waals surface area contributed by atoms with Crippen molar-refractivity contribution in [2.24, 2.45) is 0 Å². The van der Waals surface area contributed by atoms with Crippen molar-refractivity contribution in [1.29, 1.82) is 0 Å². The fraction of sp³-hybridized carbons (Fsp3) is 0.241. The highest BCUT2D eigenvalue weighted by Gasteiger charge is 2.32. The number of esters is 1. The standard InChI is InChI=1S/C15H18N2O4.3C13H15NO5S/c1-9(2)14(19)17-12-7-5-11(6-8-12)16-13(10(3)18)15(20)21-4;3*1-8(2)12(15)14-10-4-6-11(7-5-10)20(18,19)9(3)13(16)17/h5-8,13,16H,1H2,2-4H3,(H,17,19);3*4-7,9H,1H2,2-3H3,(H,14,15)(H,16,17). The number of hydrogen-bond acceptors (Lipinski definition) is 17. The molecule has 0 heterocycles. The maximum absolute atomic E-state index is 11.9. The Morgan fingerprint density at radius 1 is 0.395 bits per heavy atom. The maximum atomic E-state index is 11.9. The van der Waals surface area contributed by atoms with Crippen LogP contribution in [0.15, 0.2) is 160 Å². The number of carboxylic acids is 3. The molecule has 4 rings (SSSR count). The average molecular weight is 1180 g/mol. The Bertz CT molecular complexity index is 3130. The van der Waals surface area contributed by atoms with E-state index in [0.29, 0.717) is 50.7 Å². The number of hydrogen-bond donors (Lipinski definition) is 8. The third kappa shape index (κ3) is 21.6. The van der Waals surface area contributed by atoms with Crippen molar-refractivity contribution in [2.45, 2.75) is 91.9 Å². The summed E-state index contributed by atoms with van der Waals surface area (Å²) in [5.41, 5.74) is 3.72. The first-order valence-electron chi connectivity index (χ1n) is 23.4. The Labute approximate surface area is 468 Å². The molecule has 81 heavy (non-hydrogen) atoms. The van der Waals surface area contributed by atoms with Gasteiger partial charge in [-0.25, -0.2) is 30.0 Å². The van der Waals surface area contributed by atoms with Gasteiger partial charge in [0.2, 0.25) is 0 Å². The summed E-state index contributed by atoms with van der Waals surface area (Å²) < 4.78 is 76.2. The van der Waals surface area contributed by atoms with Gasteiger partial charge in [-0.05, 0) is 152 Å². The summed E-state index contributed by atoms with van der Waals surface area (Å²) in [6.45, 7) is 24.8. The summed E-state index contributed by atoms with van der Waals surface area (Å²) >= 11 is 0. The summed E-state index contributed by atoms with van der Waals surface area (Å²) in [4.78, 5) is 100. The number of anilines is 5. The number of benzene rings is 4. The lowest BCUT2D eigenvalue weighted by molar-refractivity contribution is -0.144. The number of aliphatic carboxylic acids is 3. The van der Waals surface area contributed by atoms with Crippen molar-refractivity contribution in [2.75, 3.05) is 33.7 Å². The van der Waals surface area contributed by atoms with Crippen molar-refractivity contribution < 1.29 is 88.5 Å². The molecule has 4 aromatic carbocycles. The van der Waals surface area contributed by atoms with E-state index >= 15 is 0 Å². The molecule has 0 bridgehead atoms. The van der Waals surface area contributed by atoms with Gasteiger partial charge in [0.15, 0.2) is 57.1 Å². The smallest absolute Gasteiger partial charge is 0.336 e. The Morgan fingerprint density at radius 3 is 0.765 bits per heavy atom. The van der Waals surface area contributed by atoms with Gasteiger partial charge < -0.3 is 46.6 Å². The van der Waals surface area contributed by atoms with Gasteiger partial charge in [-0.1, -0.05) is 26.3 Å². The third-order valence-corrected chi connectivity index (χ3v) is 16.8. The molecule has 4 aromatic rings.